The third kappa shape index (κ3) is 3.02. The molecular weight excluding hydrogens is 292 g/mol. The first kappa shape index (κ1) is 15.8. The number of piperidine rings is 1. The number of hydrogen-bond donors (Lipinski definition) is 1. The molecular formula is C15H23ClN2OS. The number of likely N-dealkylation sites (tertiary alicyclic amines) is 1. The summed E-state index contributed by atoms with van der Waals surface area (Å²) in [5.41, 5.74) is 1.32. The molecule has 1 atom stereocenters. The molecule has 1 N–H and O–H groups in total. The van der Waals surface area contributed by atoms with Gasteiger partial charge in [0.15, 0.2) is 0 Å². The van der Waals surface area contributed by atoms with Gasteiger partial charge in [-0.1, -0.05) is 0 Å². The van der Waals surface area contributed by atoms with Crippen LogP contribution in [0.3, 0.4) is 0 Å². The van der Waals surface area contributed by atoms with Crippen molar-refractivity contribution in [3.8, 4) is 0 Å². The van der Waals surface area contributed by atoms with Crippen molar-refractivity contribution in [1.29, 1.82) is 0 Å². The number of carbonyl (C=O) groups excluding carboxylic acids is 1. The van der Waals surface area contributed by atoms with Crippen LogP contribution in [0.4, 0.5) is 0 Å². The second-order valence-electron chi connectivity index (χ2n) is 5.63. The molecule has 112 valence electrons. The molecule has 0 aromatic carbocycles. The molecule has 5 heteroatoms. The molecule has 3 nitrogen and oxygen atoms in total. The van der Waals surface area contributed by atoms with E-state index >= 15 is 0 Å². The van der Waals surface area contributed by atoms with Crippen molar-refractivity contribution < 1.29 is 4.79 Å². The highest BCUT2D eigenvalue weighted by Crippen LogP contribution is 2.36. The van der Waals surface area contributed by atoms with E-state index in [1.54, 1.807) is 0 Å². The molecule has 0 spiro atoms. The minimum absolute atomic E-state index is 0. The van der Waals surface area contributed by atoms with Gasteiger partial charge in [-0.25, -0.2) is 0 Å². The van der Waals surface area contributed by atoms with Crippen LogP contribution in [0.1, 0.15) is 42.0 Å². The Labute approximate surface area is 131 Å². The maximum Gasteiger partial charge on any atom is 0.230 e. The van der Waals surface area contributed by atoms with Gasteiger partial charge >= 0.3 is 0 Å². The second kappa shape index (κ2) is 6.92. The number of rotatable bonds is 2. The second-order valence-corrected chi connectivity index (χ2v) is 6.63. The van der Waals surface area contributed by atoms with Crippen LogP contribution < -0.4 is 5.32 Å². The Balaban J connectivity index is 0.00000147. The van der Waals surface area contributed by atoms with Crippen LogP contribution in [-0.4, -0.2) is 37.0 Å². The summed E-state index contributed by atoms with van der Waals surface area (Å²) in [6.45, 7) is 1.83. The van der Waals surface area contributed by atoms with Gasteiger partial charge in [0.25, 0.3) is 0 Å². The monoisotopic (exact) mass is 314 g/mol. The Hall–Kier alpha value is -0.580. The van der Waals surface area contributed by atoms with Crippen molar-refractivity contribution in [1.82, 2.24) is 10.2 Å². The third-order valence-corrected chi connectivity index (χ3v) is 5.56. The van der Waals surface area contributed by atoms with Gasteiger partial charge in [-0.05, 0) is 56.2 Å². The summed E-state index contributed by atoms with van der Waals surface area (Å²) in [6, 6.07) is 2.76. The van der Waals surface area contributed by atoms with Gasteiger partial charge in [0, 0.05) is 24.0 Å². The number of amides is 1. The van der Waals surface area contributed by atoms with Gasteiger partial charge in [-0.15, -0.1) is 23.7 Å². The van der Waals surface area contributed by atoms with Crippen molar-refractivity contribution in [2.24, 2.45) is 0 Å². The molecule has 1 amide bonds. The zero-order valence-electron chi connectivity index (χ0n) is 11.9. The largest absolute Gasteiger partial charge is 0.342 e. The molecule has 1 aromatic heterocycles. The average molecular weight is 315 g/mol. The van der Waals surface area contributed by atoms with Crippen molar-refractivity contribution in [2.45, 2.75) is 44.1 Å². The fourth-order valence-electron chi connectivity index (χ4n) is 3.35. The number of nitrogens with one attached hydrogen (secondary N) is 1. The molecule has 1 aliphatic heterocycles. The van der Waals surface area contributed by atoms with Crippen LogP contribution >= 0.6 is 23.7 Å². The Kier molecular flexibility index (Phi) is 5.47. The molecule has 2 heterocycles. The predicted molar refractivity (Wildman–Crippen MR) is 85.9 cm³/mol. The molecule has 0 radical (unpaired) electrons. The fraction of sp³-hybridized carbons (Fsp3) is 0.667. The lowest BCUT2D eigenvalue weighted by molar-refractivity contribution is -0.134. The van der Waals surface area contributed by atoms with Gasteiger partial charge in [0.05, 0.1) is 5.92 Å². The summed E-state index contributed by atoms with van der Waals surface area (Å²) >= 11 is 1.82. The first-order valence-electron chi connectivity index (χ1n) is 7.32. The SMILES string of the molecule is CNC1CCN(C(=O)C2CCCc3sccc32)CC1.Cl. The number of carbonyl (C=O) groups is 1. The molecule has 1 saturated heterocycles. The van der Waals surface area contributed by atoms with Crippen molar-refractivity contribution in [3.63, 3.8) is 0 Å². The lowest BCUT2D eigenvalue weighted by Crippen LogP contribution is -2.45. The first-order chi connectivity index (χ1) is 9.29. The molecule has 20 heavy (non-hydrogen) atoms. The Morgan fingerprint density at radius 3 is 2.80 bits per heavy atom. The predicted octanol–water partition coefficient (Wildman–Crippen LogP) is 2.80. The van der Waals surface area contributed by atoms with E-state index in [0.29, 0.717) is 11.9 Å². The van der Waals surface area contributed by atoms with Crippen molar-refractivity contribution >= 4 is 29.7 Å². The summed E-state index contributed by atoms with van der Waals surface area (Å²) in [5.74, 6) is 0.509. The first-order valence-corrected chi connectivity index (χ1v) is 8.20. The van der Waals surface area contributed by atoms with Gasteiger partial charge in [-0.2, -0.15) is 0 Å². The van der Waals surface area contributed by atoms with Crippen LogP contribution in [0.5, 0.6) is 0 Å². The summed E-state index contributed by atoms with van der Waals surface area (Å²) < 4.78 is 0. The fourth-order valence-corrected chi connectivity index (χ4v) is 4.34. The molecule has 3 rings (SSSR count). The van der Waals surface area contributed by atoms with E-state index in [9.17, 15) is 4.79 Å². The van der Waals surface area contributed by atoms with Crippen LogP contribution in [0.15, 0.2) is 11.4 Å². The number of thiophene rings is 1. The van der Waals surface area contributed by atoms with E-state index in [1.807, 2.05) is 18.4 Å². The van der Waals surface area contributed by atoms with E-state index < -0.39 is 0 Å². The van der Waals surface area contributed by atoms with E-state index in [1.165, 1.54) is 16.9 Å². The summed E-state index contributed by atoms with van der Waals surface area (Å²) in [5, 5.41) is 5.46. The van der Waals surface area contributed by atoms with Crippen molar-refractivity contribution in [3.05, 3.63) is 21.9 Å². The highest BCUT2D eigenvalue weighted by atomic mass is 35.5. The lowest BCUT2D eigenvalue weighted by atomic mass is 9.86. The quantitative estimate of drug-likeness (QED) is 0.910. The minimum Gasteiger partial charge on any atom is -0.342 e. The van der Waals surface area contributed by atoms with Crippen LogP contribution in [0.2, 0.25) is 0 Å². The van der Waals surface area contributed by atoms with E-state index in [4.69, 9.17) is 0 Å². The number of hydrogen-bond acceptors (Lipinski definition) is 3. The molecule has 1 fully saturated rings. The van der Waals surface area contributed by atoms with Crippen LogP contribution in [-0.2, 0) is 11.2 Å². The Morgan fingerprint density at radius 1 is 1.35 bits per heavy atom. The zero-order chi connectivity index (χ0) is 13.2. The zero-order valence-corrected chi connectivity index (χ0v) is 13.6. The highest BCUT2D eigenvalue weighted by molar-refractivity contribution is 7.10. The van der Waals surface area contributed by atoms with Gasteiger partial charge < -0.3 is 10.2 Å². The van der Waals surface area contributed by atoms with Gasteiger partial charge in [-0.3, -0.25) is 4.79 Å². The summed E-state index contributed by atoms with van der Waals surface area (Å²) in [4.78, 5) is 16.2. The van der Waals surface area contributed by atoms with Crippen molar-refractivity contribution in [2.75, 3.05) is 20.1 Å². The standard InChI is InChI=1S/C15H22N2OS.ClH/c1-16-11-5-8-17(9-6-11)15(18)13-3-2-4-14-12(13)7-10-19-14;/h7,10-11,13,16H,2-6,8-9H2,1H3;1H. The number of aryl methyl sites for hydroxylation is 1. The van der Waals surface area contributed by atoms with E-state index in [0.717, 1.165) is 38.8 Å². The third-order valence-electron chi connectivity index (χ3n) is 4.56. The molecule has 0 bridgehead atoms. The maximum absolute atomic E-state index is 12.7. The number of nitrogens with zero attached hydrogens (tertiary/aromatic N) is 1. The summed E-state index contributed by atoms with van der Waals surface area (Å²) in [6.07, 6.45) is 5.54. The maximum atomic E-state index is 12.7. The Morgan fingerprint density at radius 2 is 2.10 bits per heavy atom. The van der Waals surface area contributed by atoms with E-state index in [2.05, 4.69) is 21.7 Å². The molecule has 1 aromatic rings. The van der Waals surface area contributed by atoms with Gasteiger partial charge in [0.1, 0.15) is 0 Å². The molecule has 1 unspecified atom stereocenters. The normalized spacial score (nSPS) is 23.1. The minimum atomic E-state index is 0. The molecule has 0 saturated carbocycles. The smallest absolute Gasteiger partial charge is 0.230 e. The van der Waals surface area contributed by atoms with Crippen LogP contribution in [0.25, 0.3) is 0 Å². The average Bonchev–Trinajstić information content (AvgIpc) is 2.95. The van der Waals surface area contributed by atoms with E-state index in [-0.39, 0.29) is 18.3 Å². The summed E-state index contributed by atoms with van der Waals surface area (Å²) in [7, 11) is 2.01. The van der Waals surface area contributed by atoms with Gasteiger partial charge in [0.2, 0.25) is 5.91 Å². The topological polar surface area (TPSA) is 32.3 Å². The lowest BCUT2D eigenvalue weighted by Gasteiger charge is -2.35. The van der Waals surface area contributed by atoms with Crippen LogP contribution in [0, 0.1) is 0 Å². The molecule has 2 aliphatic rings. The number of fused-ring (bicyclic) bond motifs is 1. The molecule has 1 aliphatic carbocycles. The number of halogens is 1. The highest BCUT2D eigenvalue weighted by Gasteiger charge is 2.32. The Bertz CT molecular complexity index is 454.